The third kappa shape index (κ3) is 20.8. The molecular formula is C22H45KO4S. The summed E-state index contributed by atoms with van der Waals surface area (Å²) in [5.41, 5.74) is 0. The molecule has 0 fully saturated rings. The summed E-state index contributed by atoms with van der Waals surface area (Å²) in [6.07, 6.45) is 19.3. The average molecular weight is 445 g/mol. The van der Waals surface area contributed by atoms with Crippen LogP contribution in [0, 0.1) is 0 Å². The predicted molar refractivity (Wildman–Crippen MR) is 114 cm³/mol. The van der Waals surface area contributed by atoms with Crippen molar-refractivity contribution < 1.29 is 69.5 Å². The minimum Gasteiger partial charge on any atom is -0.748 e. The fourth-order valence-electron chi connectivity index (χ4n) is 3.67. The van der Waals surface area contributed by atoms with E-state index >= 15 is 0 Å². The first-order valence-corrected chi connectivity index (χ1v) is 13.0. The smallest absolute Gasteiger partial charge is 0.748 e. The zero-order valence-corrected chi connectivity index (χ0v) is 22.9. The van der Waals surface area contributed by atoms with Crippen LogP contribution in [-0.4, -0.2) is 29.4 Å². The van der Waals surface area contributed by atoms with Gasteiger partial charge in [-0.15, -0.1) is 0 Å². The van der Waals surface area contributed by atoms with Crippen molar-refractivity contribution >= 4 is 10.1 Å². The number of rotatable bonds is 20. The van der Waals surface area contributed by atoms with Crippen molar-refractivity contribution in [1.82, 2.24) is 0 Å². The van der Waals surface area contributed by atoms with E-state index in [0.717, 1.165) is 51.4 Å². The summed E-state index contributed by atoms with van der Waals surface area (Å²) in [4.78, 5) is 0. The molecule has 0 aliphatic carbocycles. The topological polar surface area (TPSA) is 77.4 Å². The van der Waals surface area contributed by atoms with Gasteiger partial charge >= 0.3 is 51.4 Å². The van der Waals surface area contributed by atoms with Crippen molar-refractivity contribution in [2.75, 3.05) is 0 Å². The first-order valence-electron chi connectivity index (χ1n) is 11.5. The Morgan fingerprint density at radius 2 is 1.04 bits per heavy atom. The molecule has 0 amide bonds. The molecule has 2 unspecified atom stereocenters. The fraction of sp³-hybridized carbons (Fsp3) is 1.00. The maximum absolute atomic E-state index is 11.0. The van der Waals surface area contributed by atoms with Crippen LogP contribution in [0.2, 0.25) is 0 Å². The van der Waals surface area contributed by atoms with Gasteiger partial charge in [0, 0.05) is 5.25 Å². The Morgan fingerprint density at radius 3 is 1.39 bits per heavy atom. The first-order chi connectivity index (χ1) is 12.9. The molecule has 0 aliphatic heterocycles. The summed E-state index contributed by atoms with van der Waals surface area (Å²) in [7, 11) is -4.13. The molecule has 0 saturated carbocycles. The molecule has 0 spiro atoms. The molecule has 0 bridgehead atoms. The third-order valence-electron chi connectivity index (χ3n) is 5.57. The molecule has 0 heterocycles. The van der Waals surface area contributed by atoms with Crippen molar-refractivity contribution in [2.45, 2.75) is 141 Å². The van der Waals surface area contributed by atoms with Crippen molar-refractivity contribution in [2.24, 2.45) is 0 Å². The zero-order valence-electron chi connectivity index (χ0n) is 19.0. The minimum absolute atomic E-state index is 0. The van der Waals surface area contributed by atoms with Crippen LogP contribution in [0.15, 0.2) is 0 Å². The molecule has 164 valence electrons. The maximum Gasteiger partial charge on any atom is 1.00 e. The van der Waals surface area contributed by atoms with Gasteiger partial charge in [-0.05, 0) is 25.7 Å². The van der Waals surface area contributed by atoms with Gasteiger partial charge in [-0.25, -0.2) is 8.42 Å². The average Bonchev–Trinajstić information content (AvgIpc) is 2.61. The van der Waals surface area contributed by atoms with Gasteiger partial charge < -0.3 is 9.66 Å². The van der Waals surface area contributed by atoms with E-state index in [1.807, 2.05) is 0 Å². The number of aliphatic hydroxyl groups excluding tert-OH is 1. The molecule has 1 N–H and O–H groups in total. The van der Waals surface area contributed by atoms with Gasteiger partial charge in [0.2, 0.25) is 0 Å². The van der Waals surface area contributed by atoms with Crippen molar-refractivity contribution in [3.05, 3.63) is 0 Å². The second-order valence-corrected chi connectivity index (χ2v) is 9.79. The van der Waals surface area contributed by atoms with Gasteiger partial charge in [-0.1, -0.05) is 104 Å². The van der Waals surface area contributed by atoms with E-state index in [0.29, 0.717) is 12.8 Å². The summed E-state index contributed by atoms with van der Waals surface area (Å²) < 4.78 is 33.1. The number of hydrogen-bond donors (Lipinski definition) is 1. The predicted octanol–water partition coefficient (Wildman–Crippen LogP) is 3.33. The monoisotopic (exact) mass is 444 g/mol. The van der Waals surface area contributed by atoms with Crippen LogP contribution < -0.4 is 51.4 Å². The molecule has 4 nitrogen and oxygen atoms in total. The molecule has 0 rings (SSSR count). The molecular weight excluding hydrogens is 399 g/mol. The second kappa shape index (κ2) is 21.7. The Morgan fingerprint density at radius 1 is 0.679 bits per heavy atom. The SMILES string of the molecule is CCCCCCCCCCCC(O)CCCCCCCC(CC)S(=O)(=O)[O-].[K+]. The summed E-state index contributed by atoms with van der Waals surface area (Å²) in [5.74, 6) is 0. The molecule has 28 heavy (non-hydrogen) atoms. The van der Waals surface area contributed by atoms with Gasteiger partial charge in [-0.3, -0.25) is 0 Å². The normalized spacial score (nSPS) is 13.9. The van der Waals surface area contributed by atoms with Crippen LogP contribution in [0.3, 0.4) is 0 Å². The van der Waals surface area contributed by atoms with Crippen LogP contribution >= 0.6 is 0 Å². The van der Waals surface area contributed by atoms with Crippen molar-refractivity contribution in [1.29, 1.82) is 0 Å². The maximum atomic E-state index is 11.0. The van der Waals surface area contributed by atoms with Crippen LogP contribution in [0.4, 0.5) is 0 Å². The largest absolute Gasteiger partial charge is 1.00 e. The van der Waals surface area contributed by atoms with Gasteiger partial charge in [-0.2, -0.15) is 0 Å². The molecule has 0 aromatic carbocycles. The molecule has 0 aromatic rings. The fourth-order valence-corrected chi connectivity index (χ4v) is 4.53. The van der Waals surface area contributed by atoms with E-state index in [1.165, 1.54) is 51.4 Å². The summed E-state index contributed by atoms with van der Waals surface area (Å²) >= 11 is 0. The Bertz CT molecular complexity index is 415. The first kappa shape index (κ1) is 31.7. The molecule has 0 aliphatic rings. The molecule has 0 radical (unpaired) electrons. The van der Waals surface area contributed by atoms with E-state index in [1.54, 1.807) is 6.92 Å². The summed E-state index contributed by atoms with van der Waals surface area (Å²) in [5, 5.41) is 9.33. The van der Waals surface area contributed by atoms with Crippen LogP contribution in [0.1, 0.15) is 129 Å². The summed E-state index contributed by atoms with van der Waals surface area (Å²) in [6.45, 7) is 4.01. The van der Waals surface area contributed by atoms with E-state index in [4.69, 9.17) is 0 Å². The van der Waals surface area contributed by atoms with Crippen LogP contribution in [-0.2, 0) is 10.1 Å². The standard InChI is InChI=1S/C22H46O4S.K/c1-3-5-6-7-8-9-10-12-15-18-21(23)19-16-13-11-14-17-20-22(4-2)27(24,25)26;/h21-23H,3-20H2,1-2H3,(H,24,25,26);/q;+1/p-1. The molecule has 0 aromatic heterocycles. The Hall–Kier alpha value is 1.51. The van der Waals surface area contributed by atoms with E-state index in [9.17, 15) is 18.1 Å². The third-order valence-corrected chi connectivity index (χ3v) is 6.95. The quantitative estimate of drug-likeness (QED) is 0.177. The van der Waals surface area contributed by atoms with E-state index < -0.39 is 15.4 Å². The molecule has 2 atom stereocenters. The zero-order chi connectivity index (χ0) is 20.4. The van der Waals surface area contributed by atoms with Gasteiger partial charge in [0.15, 0.2) is 0 Å². The van der Waals surface area contributed by atoms with Crippen molar-refractivity contribution in [3.63, 3.8) is 0 Å². The number of unbranched alkanes of at least 4 members (excludes halogenated alkanes) is 12. The molecule has 0 saturated heterocycles. The van der Waals surface area contributed by atoms with E-state index in [2.05, 4.69) is 6.92 Å². The van der Waals surface area contributed by atoms with Crippen LogP contribution in [0.25, 0.3) is 0 Å². The van der Waals surface area contributed by atoms with Crippen molar-refractivity contribution in [3.8, 4) is 0 Å². The number of hydrogen-bond acceptors (Lipinski definition) is 4. The molecule has 6 heteroatoms. The van der Waals surface area contributed by atoms with Gasteiger partial charge in [0.1, 0.15) is 0 Å². The summed E-state index contributed by atoms with van der Waals surface area (Å²) in [6, 6.07) is 0. The van der Waals surface area contributed by atoms with Gasteiger partial charge in [0.05, 0.1) is 16.2 Å². The minimum atomic E-state index is -4.13. The van der Waals surface area contributed by atoms with Crippen LogP contribution in [0.5, 0.6) is 0 Å². The Balaban J connectivity index is 0. The second-order valence-electron chi connectivity index (χ2n) is 8.14. The Labute approximate surface area is 218 Å². The number of aliphatic hydroxyl groups is 1. The van der Waals surface area contributed by atoms with E-state index in [-0.39, 0.29) is 57.5 Å². The Kier molecular flexibility index (Phi) is 24.6. The van der Waals surface area contributed by atoms with Gasteiger partial charge in [0.25, 0.3) is 0 Å².